The normalized spacial score (nSPS) is 41.4. The Kier molecular flexibility index (Phi) is 2.87. The molecule has 1 atom stereocenters. The summed E-state index contributed by atoms with van der Waals surface area (Å²) in [6, 6.07) is 6.25. The lowest BCUT2D eigenvalue weighted by Crippen LogP contribution is -2.45. The molecule has 0 radical (unpaired) electrons. The summed E-state index contributed by atoms with van der Waals surface area (Å²) in [5.74, 6) is 4.96. The van der Waals surface area contributed by atoms with Gasteiger partial charge in [-0.15, -0.1) is 0 Å². The highest BCUT2D eigenvalue weighted by Crippen LogP contribution is 2.57. The zero-order chi connectivity index (χ0) is 12.8. The maximum atomic E-state index is 6.41. The predicted molar refractivity (Wildman–Crippen MR) is 76.3 cm³/mol. The Labute approximate surface area is 115 Å². The van der Waals surface area contributed by atoms with Gasteiger partial charge in [0.25, 0.3) is 0 Å². The second-order valence-electron chi connectivity index (χ2n) is 7.19. The van der Waals surface area contributed by atoms with Gasteiger partial charge in [-0.1, -0.05) is 6.07 Å². The van der Waals surface area contributed by atoms with Crippen molar-refractivity contribution in [1.82, 2.24) is 4.98 Å². The van der Waals surface area contributed by atoms with Crippen molar-refractivity contribution in [2.75, 3.05) is 0 Å². The van der Waals surface area contributed by atoms with E-state index in [9.17, 15) is 0 Å². The van der Waals surface area contributed by atoms with Crippen LogP contribution in [0.5, 0.6) is 0 Å². The number of nitrogens with zero attached hydrogens (tertiary/aromatic N) is 1. The van der Waals surface area contributed by atoms with E-state index in [-0.39, 0.29) is 6.04 Å². The highest BCUT2D eigenvalue weighted by Gasteiger charge is 2.48. The molecular weight excluding hydrogens is 232 g/mol. The van der Waals surface area contributed by atoms with Gasteiger partial charge in [-0.05, 0) is 80.2 Å². The van der Waals surface area contributed by atoms with E-state index in [2.05, 4.69) is 17.1 Å². The average Bonchev–Trinajstić information content (AvgIpc) is 2.43. The van der Waals surface area contributed by atoms with Gasteiger partial charge in [0.2, 0.25) is 0 Å². The maximum Gasteiger partial charge on any atom is 0.0571 e. The minimum Gasteiger partial charge on any atom is -0.323 e. The molecule has 4 saturated carbocycles. The number of aromatic nitrogens is 1. The van der Waals surface area contributed by atoms with E-state index < -0.39 is 0 Å². The molecule has 0 aromatic carbocycles. The molecule has 2 nitrogen and oxygen atoms in total. The fourth-order valence-corrected chi connectivity index (χ4v) is 5.43. The summed E-state index contributed by atoms with van der Waals surface area (Å²) in [4.78, 5) is 4.44. The monoisotopic (exact) mass is 256 g/mol. The summed E-state index contributed by atoms with van der Waals surface area (Å²) in [6.07, 6.45) is 10.5. The van der Waals surface area contributed by atoms with Crippen LogP contribution in [0.25, 0.3) is 0 Å². The Morgan fingerprint density at radius 3 is 2.32 bits per heavy atom. The third kappa shape index (κ3) is 2.10. The summed E-state index contributed by atoms with van der Waals surface area (Å²) in [5, 5.41) is 0. The summed E-state index contributed by atoms with van der Waals surface area (Å²) in [5.41, 5.74) is 7.49. The van der Waals surface area contributed by atoms with Crippen molar-refractivity contribution in [3.05, 3.63) is 30.1 Å². The van der Waals surface area contributed by atoms with Crippen LogP contribution in [0.3, 0.4) is 0 Å². The predicted octanol–water partition coefficient (Wildman–Crippen LogP) is 3.54. The second-order valence-corrected chi connectivity index (χ2v) is 7.19. The SMILES string of the molecule is NC(CC1C2CC3CC(C2)CC1C3)c1ccccn1. The van der Waals surface area contributed by atoms with Crippen molar-refractivity contribution in [2.24, 2.45) is 35.3 Å². The summed E-state index contributed by atoms with van der Waals surface area (Å²) in [7, 11) is 0. The average molecular weight is 256 g/mol. The standard InChI is InChI=1S/C17H24N2/c18-16(17-3-1-2-4-19-17)10-15-13-6-11-5-12(8-13)9-14(15)7-11/h1-4,11-16H,5-10,18H2. The number of hydrogen-bond acceptors (Lipinski definition) is 2. The highest BCUT2D eigenvalue weighted by molar-refractivity contribution is 5.09. The molecule has 2 N–H and O–H groups in total. The molecule has 0 saturated heterocycles. The molecule has 4 aliphatic rings. The van der Waals surface area contributed by atoms with Crippen LogP contribution in [-0.4, -0.2) is 4.98 Å². The van der Waals surface area contributed by atoms with Crippen molar-refractivity contribution >= 4 is 0 Å². The first kappa shape index (κ1) is 11.9. The Morgan fingerprint density at radius 1 is 1.05 bits per heavy atom. The number of pyridine rings is 1. The molecule has 0 spiro atoms. The lowest BCUT2D eigenvalue weighted by atomic mass is 9.51. The molecule has 1 aromatic heterocycles. The number of nitrogens with two attached hydrogens (primary N) is 1. The topological polar surface area (TPSA) is 38.9 Å². The van der Waals surface area contributed by atoms with Crippen molar-refractivity contribution in [3.63, 3.8) is 0 Å². The van der Waals surface area contributed by atoms with Gasteiger partial charge in [-0.3, -0.25) is 4.98 Å². The molecule has 1 heterocycles. The van der Waals surface area contributed by atoms with E-state index in [0.29, 0.717) is 0 Å². The maximum absolute atomic E-state index is 6.41. The Balaban J connectivity index is 1.48. The first-order valence-electron chi connectivity index (χ1n) is 7.96. The molecule has 4 fully saturated rings. The van der Waals surface area contributed by atoms with Gasteiger partial charge >= 0.3 is 0 Å². The third-order valence-electron chi connectivity index (χ3n) is 6.02. The molecule has 102 valence electrons. The van der Waals surface area contributed by atoms with E-state index in [1.54, 1.807) is 0 Å². The van der Waals surface area contributed by atoms with Gasteiger partial charge in [0.1, 0.15) is 0 Å². The number of hydrogen-bond donors (Lipinski definition) is 1. The van der Waals surface area contributed by atoms with Gasteiger partial charge in [0.15, 0.2) is 0 Å². The van der Waals surface area contributed by atoms with Gasteiger partial charge in [0.05, 0.1) is 5.69 Å². The fourth-order valence-electron chi connectivity index (χ4n) is 5.43. The van der Waals surface area contributed by atoms with E-state index >= 15 is 0 Å². The molecular formula is C17H24N2. The van der Waals surface area contributed by atoms with Crippen LogP contribution < -0.4 is 5.73 Å². The van der Waals surface area contributed by atoms with Crippen molar-refractivity contribution in [3.8, 4) is 0 Å². The van der Waals surface area contributed by atoms with Crippen LogP contribution in [-0.2, 0) is 0 Å². The van der Waals surface area contributed by atoms with Gasteiger partial charge in [-0.2, -0.15) is 0 Å². The van der Waals surface area contributed by atoms with Crippen molar-refractivity contribution in [2.45, 2.75) is 44.6 Å². The van der Waals surface area contributed by atoms with Crippen LogP contribution in [0, 0.1) is 29.6 Å². The zero-order valence-corrected chi connectivity index (χ0v) is 11.5. The minimum atomic E-state index is 0.142. The van der Waals surface area contributed by atoms with E-state index in [0.717, 1.165) is 41.7 Å². The van der Waals surface area contributed by atoms with Crippen molar-refractivity contribution < 1.29 is 0 Å². The highest BCUT2D eigenvalue weighted by atomic mass is 14.8. The Bertz CT molecular complexity index is 414. The van der Waals surface area contributed by atoms with Gasteiger partial charge in [-0.25, -0.2) is 0 Å². The summed E-state index contributed by atoms with van der Waals surface area (Å²) < 4.78 is 0. The summed E-state index contributed by atoms with van der Waals surface area (Å²) in [6.45, 7) is 0. The van der Waals surface area contributed by atoms with Crippen LogP contribution in [0.1, 0.15) is 50.3 Å². The van der Waals surface area contributed by atoms with Crippen molar-refractivity contribution in [1.29, 1.82) is 0 Å². The molecule has 4 bridgehead atoms. The fraction of sp³-hybridized carbons (Fsp3) is 0.706. The lowest BCUT2D eigenvalue weighted by molar-refractivity contribution is -0.0422. The molecule has 0 amide bonds. The molecule has 5 rings (SSSR count). The Morgan fingerprint density at radius 2 is 1.74 bits per heavy atom. The van der Waals surface area contributed by atoms with E-state index in [1.807, 2.05) is 12.3 Å². The molecule has 19 heavy (non-hydrogen) atoms. The molecule has 1 unspecified atom stereocenters. The van der Waals surface area contributed by atoms with Gasteiger partial charge in [0, 0.05) is 12.2 Å². The summed E-state index contributed by atoms with van der Waals surface area (Å²) >= 11 is 0. The first-order valence-corrected chi connectivity index (χ1v) is 7.96. The second kappa shape index (κ2) is 4.59. The minimum absolute atomic E-state index is 0.142. The van der Waals surface area contributed by atoms with Crippen LogP contribution in [0.15, 0.2) is 24.4 Å². The quantitative estimate of drug-likeness (QED) is 0.898. The van der Waals surface area contributed by atoms with E-state index in [4.69, 9.17) is 5.73 Å². The zero-order valence-electron chi connectivity index (χ0n) is 11.5. The van der Waals surface area contributed by atoms with Crippen LogP contribution >= 0.6 is 0 Å². The molecule has 4 aliphatic carbocycles. The van der Waals surface area contributed by atoms with Crippen LogP contribution in [0.4, 0.5) is 0 Å². The largest absolute Gasteiger partial charge is 0.323 e. The third-order valence-corrected chi connectivity index (χ3v) is 6.02. The smallest absolute Gasteiger partial charge is 0.0571 e. The first-order chi connectivity index (χ1) is 9.29. The van der Waals surface area contributed by atoms with E-state index in [1.165, 1.54) is 32.1 Å². The molecule has 2 heteroatoms. The lowest BCUT2D eigenvalue weighted by Gasteiger charge is -2.55. The van der Waals surface area contributed by atoms with Crippen LogP contribution in [0.2, 0.25) is 0 Å². The molecule has 0 aliphatic heterocycles. The Hall–Kier alpha value is -0.890. The van der Waals surface area contributed by atoms with Gasteiger partial charge < -0.3 is 5.73 Å². The number of rotatable bonds is 3. The molecule has 1 aromatic rings.